The van der Waals surface area contributed by atoms with Crippen molar-refractivity contribution in [1.29, 1.82) is 0 Å². The van der Waals surface area contributed by atoms with Crippen molar-refractivity contribution in [3.8, 4) is 5.75 Å². The summed E-state index contributed by atoms with van der Waals surface area (Å²) in [5, 5.41) is 19.5. The second-order valence-electron chi connectivity index (χ2n) is 4.03. The fourth-order valence-corrected chi connectivity index (χ4v) is 1.35. The van der Waals surface area contributed by atoms with Gasteiger partial charge in [-0.25, -0.2) is 4.79 Å². The lowest BCUT2D eigenvalue weighted by molar-refractivity contribution is -0.385. The van der Waals surface area contributed by atoms with E-state index in [9.17, 15) is 19.7 Å². The summed E-state index contributed by atoms with van der Waals surface area (Å²) < 4.78 is 5.09. The van der Waals surface area contributed by atoms with E-state index in [0.29, 0.717) is 0 Å². The smallest absolute Gasteiger partial charge is 0.326 e. The maximum Gasteiger partial charge on any atom is 0.326 e. The first-order valence-corrected chi connectivity index (χ1v) is 5.69. The third kappa shape index (κ3) is 3.67. The Balaban J connectivity index is 2.71. The number of likely N-dealkylation sites (N-methyl/N-ethyl adjacent to an activating group) is 1. The molecule has 0 aliphatic rings. The highest BCUT2D eigenvalue weighted by Gasteiger charge is 2.23. The number of hydrogen-bond acceptors (Lipinski definition) is 5. The van der Waals surface area contributed by atoms with Crippen LogP contribution < -0.4 is 4.74 Å². The lowest BCUT2D eigenvalue weighted by atomic mass is 10.3. The summed E-state index contributed by atoms with van der Waals surface area (Å²) in [7, 11) is 1.32. The van der Waals surface area contributed by atoms with Crippen molar-refractivity contribution < 1.29 is 24.4 Å². The molecule has 108 valence electrons. The molecule has 1 amide bonds. The summed E-state index contributed by atoms with van der Waals surface area (Å²) in [4.78, 5) is 33.6. The third-order valence-corrected chi connectivity index (χ3v) is 2.74. The van der Waals surface area contributed by atoms with Gasteiger partial charge in [0.1, 0.15) is 6.04 Å². The number of ether oxygens (including phenoxy) is 1. The Kier molecular flexibility index (Phi) is 5.01. The Morgan fingerprint density at radius 2 is 2.05 bits per heavy atom. The number of nitro benzene ring substituents is 1. The highest BCUT2D eigenvalue weighted by Crippen LogP contribution is 2.25. The van der Waals surface area contributed by atoms with Crippen LogP contribution in [0.2, 0.25) is 0 Å². The van der Waals surface area contributed by atoms with Gasteiger partial charge in [-0.15, -0.1) is 0 Å². The number of carbonyl (C=O) groups is 2. The molecule has 0 saturated heterocycles. The molecule has 0 spiro atoms. The van der Waals surface area contributed by atoms with Crippen molar-refractivity contribution in [2.75, 3.05) is 13.7 Å². The Labute approximate surface area is 114 Å². The van der Waals surface area contributed by atoms with Gasteiger partial charge in [-0.2, -0.15) is 0 Å². The van der Waals surface area contributed by atoms with Crippen LogP contribution >= 0.6 is 0 Å². The molecule has 0 fully saturated rings. The molecule has 1 aromatic rings. The zero-order chi connectivity index (χ0) is 15.3. The van der Waals surface area contributed by atoms with Gasteiger partial charge in [-0.05, 0) is 13.0 Å². The van der Waals surface area contributed by atoms with E-state index in [1.165, 1.54) is 38.2 Å². The number of benzene rings is 1. The van der Waals surface area contributed by atoms with Crippen molar-refractivity contribution in [3.63, 3.8) is 0 Å². The minimum Gasteiger partial charge on any atom is -0.480 e. The molecular formula is C12H14N2O6. The van der Waals surface area contributed by atoms with E-state index in [-0.39, 0.29) is 11.4 Å². The molecule has 1 unspecified atom stereocenters. The van der Waals surface area contributed by atoms with Crippen molar-refractivity contribution in [1.82, 2.24) is 4.90 Å². The monoisotopic (exact) mass is 282 g/mol. The first kappa shape index (κ1) is 15.4. The predicted octanol–water partition coefficient (Wildman–Crippen LogP) is 0.905. The fraction of sp³-hybridized carbons (Fsp3) is 0.333. The first-order valence-electron chi connectivity index (χ1n) is 5.69. The zero-order valence-corrected chi connectivity index (χ0v) is 11.0. The number of nitrogens with zero attached hydrogens (tertiary/aromatic N) is 2. The highest BCUT2D eigenvalue weighted by atomic mass is 16.6. The van der Waals surface area contributed by atoms with E-state index >= 15 is 0 Å². The Morgan fingerprint density at radius 1 is 1.45 bits per heavy atom. The molecule has 8 nitrogen and oxygen atoms in total. The number of carbonyl (C=O) groups excluding carboxylic acids is 1. The molecule has 1 atom stereocenters. The molecule has 8 heteroatoms. The van der Waals surface area contributed by atoms with Crippen molar-refractivity contribution in [3.05, 3.63) is 34.4 Å². The molecule has 0 heterocycles. The van der Waals surface area contributed by atoms with Crippen LogP contribution in [-0.4, -0.2) is 46.5 Å². The molecule has 0 aliphatic carbocycles. The van der Waals surface area contributed by atoms with Crippen LogP contribution in [0.3, 0.4) is 0 Å². The van der Waals surface area contributed by atoms with Gasteiger partial charge >= 0.3 is 11.7 Å². The van der Waals surface area contributed by atoms with Gasteiger partial charge in [-0.3, -0.25) is 14.9 Å². The van der Waals surface area contributed by atoms with E-state index in [4.69, 9.17) is 9.84 Å². The SMILES string of the molecule is CC(C(=O)O)N(C)C(=O)COc1ccccc1[N+](=O)[O-]. The lowest BCUT2D eigenvalue weighted by Gasteiger charge is -2.21. The van der Waals surface area contributed by atoms with Gasteiger partial charge in [0.15, 0.2) is 12.4 Å². The predicted molar refractivity (Wildman–Crippen MR) is 68.5 cm³/mol. The van der Waals surface area contributed by atoms with Gasteiger partial charge in [0.25, 0.3) is 5.91 Å². The molecule has 1 N–H and O–H groups in total. The number of hydrogen-bond donors (Lipinski definition) is 1. The highest BCUT2D eigenvalue weighted by molar-refractivity contribution is 5.84. The van der Waals surface area contributed by atoms with Gasteiger partial charge in [0, 0.05) is 13.1 Å². The van der Waals surface area contributed by atoms with Gasteiger partial charge in [0.2, 0.25) is 0 Å². The Morgan fingerprint density at radius 3 is 2.60 bits per heavy atom. The van der Waals surface area contributed by atoms with Crippen LogP contribution in [0.5, 0.6) is 5.75 Å². The van der Waals surface area contributed by atoms with Gasteiger partial charge in [-0.1, -0.05) is 12.1 Å². The van der Waals surface area contributed by atoms with Gasteiger partial charge < -0.3 is 14.7 Å². The van der Waals surface area contributed by atoms with E-state index in [1.807, 2.05) is 0 Å². The number of amides is 1. The van der Waals surface area contributed by atoms with Crippen LogP contribution in [0.25, 0.3) is 0 Å². The molecule has 0 saturated carbocycles. The molecule has 0 aliphatic heterocycles. The standard InChI is InChI=1S/C12H14N2O6/c1-8(12(16)17)13(2)11(15)7-20-10-6-4-3-5-9(10)14(18)19/h3-6,8H,7H2,1-2H3,(H,16,17). The summed E-state index contributed by atoms with van der Waals surface area (Å²) >= 11 is 0. The second kappa shape index (κ2) is 6.50. The maximum absolute atomic E-state index is 11.7. The van der Waals surface area contributed by atoms with E-state index in [0.717, 1.165) is 4.90 Å². The average Bonchev–Trinajstić information content (AvgIpc) is 2.43. The molecule has 1 rings (SSSR count). The quantitative estimate of drug-likeness (QED) is 0.613. The van der Waals surface area contributed by atoms with Crippen LogP contribution in [0.1, 0.15) is 6.92 Å². The summed E-state index contributed by atoms with van der Waals surface area (Å²) in [6, 6.07) is 4.63. The Hall–Kier alpha value is -2.64. The molecule has 0 bridgehead atoms. The van der Waals surface area contributed by atoms with Crippen molar-refractivity contribution in [2.45, 2.75) is 13.0 Å². The largest absolute Gasteiger partial charge is 0.480 e. The summed E-state index contributed by atoms with van der Waals surface area (Å²) in [6.45, 7) is 0.879. The minimum atomic E-state index is -1.15. The molecule has 1 aromatic carbocycles. The minimum absolute atomic E-state index is 0.0396. The molecule has 20 heavy (non-hydrogen) atoms. The van der Waals surface area contributed by atoms with Crippen LogP contribution in [0.4, 0.5) is 5.69 Å². The first-order chi connectivity index (χ1) is 9.34. The second-order valence-corrected chi connectivity index (χ2v) is 4.03. The maximum atomic E-state index is 11.7. The number of aliphatic carboxylic acids is 1. The van der Waals surface area contributed by atoms with Crippen LogP contribution in [-0.2, 0) is 9.59 Å². The fourth-order valence-electron chi connectivity index (χ4n) is 1.35. The summed E-state index contributed by atoms with van der Waals surface area (Å²) in [5.41, 5.74) is -0.255. The van der Waals surface area contributed by atoms with Gasteiger partial charge in [0.05, 0.1) is 4.92 Å². The number of nitro groups is 1. The van der Waals surface area contributed by atoms with Crippen molar-refractivity contribution >= 4 is 17.6 Å². The van der Waals surface area contributed by atoms with E-state index < -0.39 is 29.4 Å². The van der Waals surface area contributed by atoms with Crippen molar-refractivity contribution in [2.24, 2.45) is 0 Å². The van der Waals surface area contributed by atoms with E-state index in [1.54, 1.807) is 0 Å². The summed E-state index contributed by atoms with van der Waals surface area (Å²) in [5.74, 6) is -1.77. The number of carboxylic acids is 1. The number of rotatable bonds is 6. The zero-order valence-electron chi connectivity index (χ0n) is 11.0. The lowest BCUT2D eigenvalue weighted by Crippen LogP contribution is -2.42. The topological polar surface area (TPSA) is 110 Å². The number of carboxylic acid groups (broad SMARTS) is 1. The third-order valence-electron chi connectivity index (χ3n) is 2.74. The van der Waals surface area contributed by atoms with Crippen LogP contribution in [0.15, 0.2) is 24.3 Å². The average molecular weight is 282 g/mol. The molecular weight excluding hydrogens is 268 g/mol. The number of para-hydroxylation sites is 2. The summed E-state index contributed by atoms with van der Waals surface area (Å²) in [6.07, 6.45) is 0. The normalized spacial score (nSPS) is 11.5. The van der Waals surface area contributed by atoms with E-state index in [2.05, 4.69) is 0 Å². The molecule has 0 radical (unpaired) electrons. The molecule has 0 aromatic heterocycles. The Bertz CT molecular complexity index is 530. The van der Waals surface area contributed by atoms with Crippen LogP contribution in [0, 0.1) is 10.1 Å².